The van der Waals surface area contributed by atoms with Crippen molar-refractivity contribution in [3.05, 3.63) is 46.4 Å². The Balaban J connectivity index is 2.34. The first kappa shape index (κ1) is 11.1. The third-order valence-electron chi connectivity index (χ3n) is 2.22. The smallest absolute Gasteiger partial charge is 0.329 e. The number of aryl methyl sites for hydroxylation is 1. The molecule has 17 heavy (non-hydrogen) atoms. The number of azo groups is 1. The molecule has 1 N–H and O–H groups in total. The first-order chi connectivity index (χ1) is 8.22. The monoisotopic (exact) mass is 232 g/mol. The van der Waals surface area contributed by atoms with Crippen LogP contribution in [-0.2, 0) is 0 Å². The van der Waals surface area contributed by atoms with Gasteiger partial charge in [-0.05, 0) is 19.1 Å². The Labute approximate surface area is 97.5 Å². The summed E-state index contributed by atoms with van der Waals surface area (Å²) in [6, 6.07) is 9.21. The van der Waals surface area contributed by atoms with Crippen molar-refractivity contribution < 1.29 is 4.84 Å². The predicted octanol–water partition coefficient (Wildman–Crippen LogP) is 1.96. The van der Waals surface area contributed by atoms with E-state index >= 15 is 0 Å². The van der Waals surface area contributed by atoms with Gasteiger partial charge in [0.1, 0.15) is 7.11 Å². The molecule has 0 amide bonds. The van der Waals surface area contributed by atoms with Gasteiger partial charge in [0.15, 0.2) is 5.69 Å². The van der Waals surface area contributed by atoms with Crippen molar-refractivity contribution in [3.63, 3.8) is 0 Å². The second-order valence-corrected chi connectivity index (χ2v) is 3.40. The second-order valence-electron chi connectivity index (χ2n) is 3.40. The zero-order chi connectivity index (χ0) is 12.3. The molecule has 0 spiro atoms. The van der Waals surface area contributed by atoms with E-state index in [-0.39, 0.29) is 11.2 Å². The molecule has 6 heteroatoms. The minimum atomic E-state index is -0.357. The number of H-pyrrole nitrogens is 1. The number of hydrogen-bond acceptors (Lipinski definition) is 4. The highest BCUT2D eigenvalue weighted by atomic mass is 16.7. The van der Waals surface area contributed by atoms with Crippen molar-refractivity contribution in [2.75, 3.05) is 7.11 Å². The summed E-state index contributed by atoms with van der Waals surface area (Å²) in [6.45, 7) is 1.73. The van der Waals surface area contributed by atoms with Gasteiger partial charge < -0.3 is 4.84 Å². The van der Waals surface area contributed by atoms with Crippen molar-refractivity contribution in [2.45, 2.75) is 6.92 Å². The van der Waals surface area contributed by atoms with E-state index in [4.69, 9.17) is 4.84 Å². The highest BCUT2D eigenvalue weighted by molar-refractivity contribution is 5.40. The summed E-state index contributed by atoms with van der Waals surface area (Å²) in [6.07, 6.45) is 0. The molecule has 88 valence electrons. The van der Waals surface area contributed by atoms with Gasteiger partial charge in [0.05, 0.1) is 11.4 Å². The van der Waals surface area contributed by atoms with E-state index < -0.39 is 0 Å². The molecule has 1 aromatic heterocycles. The fourth-order valence-corrected chi connectivity index (χ4v) is 1.36. The quantitative estimate of drug-likeness (QED) is 0.821. The maximum absolute atomic E-state index is 11.7. The first-order valence-electron chi connectivity index (χ1n) is 5.05. The van der Waals surface area contributed by atoms with Crippen LogP contribution in [0.5, 0.6) is 0 Å². The van der Waals surface area contributed by atoms with Crippen LogP contribution in [0.4, 0.5) is 11.4 Å². The van der Waals surface area contributed by atoms with E-state index in [1.54, 1.807) is 19.1 Å². The summed E-state index contributed by atoms with van der Waals surface area (Å²) in [5, 5.41) is 10.6. The predicted molar refractivity (Wildman–Crippen MR) is 62.9 cm³/mol. The molecule has 0 aliphatic heterocycles. The SMILES string of the molecule is COn1[nH]c(C)c(N=Nc2ccccc2)c1=O. The van der Waals surface area contributed by atoms with E-state index in [0.717, 1.165) is 4.85 Å². The van der Waals surface area contributed by atoms with E-state index in [1.165, 1.54) is 7.11 Å². The Morgan fingerprint density at radius 3 is 2.53 bits per heavy atom. The molecule has 0 aliphatic carbocycles. The number of rotatable bonds is 3. The fraction of sp³-hybridized carbons (Fsp3) is 0.182. The van der Waals surface area contributed by atoms with Crippen molar-refractivity contribution in [1.29, 1.82) is 0 Å². The second kappa shape index (κ2) is 4.65. The molecule has 2 rings (SSSR count). The molecule has 0 atom stereocenters. The van der Waals surface area contributed by atoms with Crippen molar-refractivity contribution in [3.8, 4) is 0 Å². The topological polar surface area (TPSA) is 71.7 Å². The highest BCUT2D eigenvalue weighted by Gasteiger charge is 2.10. The number of benzene rings is 1. The molecule has 0 aliphatic rings. The summed E-state index contributed by atoms with van der Waals surface area (Å²) in [5.41, 5.74) is 1.19. The number of nitrogens with one attached hydrogen (secondary N) is 1. The summed E-state index contributed by atoms with van der Waals surface area (Å²) in [4.78, 5) is 17.5. The van der Waals surface area contributed by atoms with Crippen LogP contribution in [0.3, 0.4) is 0 Å². The lowest BCUT2D eigenvalue weighted by Gasteiger charge is -1.93. The zero-order valence-corrected chi connectivity index (χ0v) is 9.54. The van der Waals surface area contributed by atoms with Crippen LogP contribution in [0.1, 0.15) is 5.69 Å². The molecule has 0 saturated carbocycles. The molecule has 0 bridgehead atoms. The Kier molecular flexibility index (Phi) is 3.04. The Bertz CT molecular complexity index is 583. The lowest BCUT2D eigenvalue weighted by Crippen LogP contribution is -2.21. The normalized spacial score (nSPS) is 10.9. The van der Waals surface area contributed by atoms with Crippen LogP contribution in [0.25, 0.3) is 0 Å². The lowest BCUT2D eigenvalue weighted by molar-refractivity contribution is 0.125. The van der Waals surface area contributed by atoms with Crippen molar-refractivity contribution in [2.24, 2.45) is 10.2 Å². The Morgan fingerprint density at radius 1 is 1.24 bits per heavy atom. The van der Waals surface area contributed by atoms with Gasteiger partial charge in [-0.25, -0.2) is 0 Å². The Hall–Kier alpha value is -2.37. The van der Waals surface area contributed by atoms with Gasteiger partial charge >= 0.3 is 5.56 Å². The van der Waals surface area contributed by atoms with Gasteiger partial charge in [-0.15, -0.1) is 5.11 Å². The van der Waals surface area contributed by atoms with Gasteiger partial charge in [0, 0.05) is 0 Å². The third-order valence-corrected chi connectivity index (χ3v) is 2.22. The van der Waals surface area contributed by atoms with Crippen LogP contribution in [0.2, 0.25) is 0 Å². The average molecular weight is 232 g/mol. The molecule has 1 heterocycles. The summed E-state index contributed by atoms with van der Waals surface area (Å²) in [7, 11) is 1.40. The summed E-state index contributed by atoms with van der Waals surface area (Å²) >= 11 is 0. The van der Waals surface area contributed by atoms with E-state index in [1.807, 2.05) is 18.2 Å². The lowest BCUT2D eigenvalue weighted by atomic mass is 10.3. The van der Waals surface area contributed by atoms with E-state index in [9.17, 15) is 4.79 Å². The average Bonchev–Trinajstić information content (AvgIpc) is 2.63. The van der Waals surface area contributed by atoms with Crippen LogP contribution in [0, 0.1) is 6.92 Å². The zero-order valence-electron chi connectivity index (χ0n) is 9.54. The maximum atomic E-state index is 11.7. The van der Waals surface area contributed by atoms with Gasteiger partial charge in [0.25, 0.3) is 0 Å². The van der Waals surface area contributed by atoms with Crippen molar-refractivity contribution >= 4 is 11.4 Å². The third kappa shape index (κ3) is 2.25. The van der Waals surface area contributed by atoms with Gasteiger partial charge in [0.2, 0.25) is 0 Å². The van der Waals surface area contributed by atoms with E-state index in [2.05, 4.69) is 15.3 Å². The minimum Gasteiger partial charge on any atom is -0.398 e. The largest absolute Gasteiger partial charge is 0.398 e. The minimum absolute atomic E-state index is 0.246. The standard InChI is InChI=1S/C11H12N4O2/c1-8-10(11(16)15(14-8)17-2)13-12-9-6-4-3-5-7-9/h3-7,14H,1-2H3. The van der Waals surface area contributed by atoms with Crippen LogP contribution < -0.4 is 10.4 Å². The number of nitrogens with zero attached hydrogens (tertiary/aromatic N) is 3. The number of aromatic nitrogens is 2. The molecule has 0 unspecified atom stereocenters. The summed E-state index contributed by atoms with van der Waals surface area (Å²) in [5.74, 6) is 0. The number of aromatic amines is 1. The van der Waals surface area contributed by atoms with Gasteiger partial charge in [-0.3, -0.25) is 9.89 Å². The van der Waals surface area contributed by atoms with Crippen LogP contribution in [-0.4, -0.2) is 17.1 Å². The Morgan fingerprint density at radius 2 is 1.94 bits per heavy atom. The molecular weight excluding hydrogens is 220 g/mol. The number of hydrogen-bond donors (Lipinski definition) is 1. The molecule has 1 aromatic carbocycles. The summed E-state index contributed by atoms with van der Waals surface area (Å²) < 4.78 is 0. The van der Waals surface area contributed by atoms with Crippen LogP contribution >= 0.6 is 0 Å². The molecule has 0 saturated heterocycles. The van der Waals surface area contributed by atoms with E-state index in [0.29, 0.717) is 11.4 Å². The molecule has 2 aromatic rings. The molecule has 0 fully saturated rings. The first-order valence-corrected chi connectivity index (χ1v) is 5.05. The molecular formula is C11H12N4O2. The van der Waals surface area contributed by atoms with Gasteiger partial charge in [-0.2, -0.15) is 5.11 Å². The molecule has 0 radical (unpaired) electrons. The van der Waals surface area contributed by atoms with Gasteiger partial charge in [-0.1, -0.05) is 23.0 Å². The maximum Gasteiger partial charge on any atom is 0.329 e. The fourth-order valence-electron chi connectivity index (χ4n) is 1.36. The highest BCUT2D eigenvalue weighted by Crippen LogP contribution is 2.16. The van der Waals surface area contributed by atoms with Crippen LogP contribution in [0.15, 0.2) is 45.4 Å². The van der Waals surface area contributed by atoms with Crippen molar-refractivity contribution in [1.82, 2.24) is 9.94 Å². The molecule has 6 nitrogen and oxygen atoms in total.